The number of aliphatic carboxylic acids is 1. The van der Waals surface area contributed by atoms with Crippen LogP contribution in [0.15, 0.2) is 49.1 Å². The lowest BCUT2D eigenvalue weighted by Gasteiger charge is -2.38. The number of fused-ring (bicyclic) bond motifs is 1. The van der Waals surface area contributed by atoms with Crippen molar-refractivity contribution < 1.29 is 19.0 Å². The van der Waals surface area contributed by atoms with E-state index in [1.807, 2.05) is 18.2 Å². The number of pyridine rings is 1. The van der Waals surface area contributed by atoms with Gasteiger partial charge in [-0.25, -0.2) is 4.39 Å². The number of carboxylic acids is 1. The van der Waals surface area contributed by atoms with Crippen LogP contribution < -0.4 is 4.74 Å². The van der Waals surface area contributed by atoms with E-state index < -0.39 is 12.1 Å². The molecular weight excluding hydrogens is 447 g/mol. The molecule has 0 amide bonds. The molecule has 8 heteroatoms. The number of carboxylic acid groups (broad SMARTS) is 1. The van der Waals surface area contributed by atoms with Crippen molar-refractivity contribution in [1.82, 2.24) is 19.9 Å². The molecule has 0 saturated carbocycles. The molecule has 1 aliphatic heterocycles. The zero-order valence-electron chi connectivity index (χ0n) is 20.1. The van der Waals surface area contributed by atoms with Gasteiger partial charge >= 0.3 is 5.97 Å². The highest BCUT2D eigenvalue weighted by Crippen LogP contribution is 2.36. The summed E-state index contributed by atoms with van der Waals surface area (Å²) in [5.74, 6) is 0.111. The Balaban J connectivity index is 1.35. The lowest BCUT2D eigenvalue weighted by Crippen LogP contribution is -2.42. The Morgan fingerprint density at radius 3 is 2.89 bits per heavy atom. The molecule has 7 nitrogen and oxygen atoms in total. The number of hydrogen-bond acceptors (Lipinski definition) is 6. The van der Waals surface area contributed by atoms with Crippen LogP contribution in [0.25, 0.3) is 10.9 Å². The molecule has 1 unspecified atom stereocenters. The van der Waals surface area contributed by atoms with Gasteiger partial charge in [0.25, 0.3) is 0 Å². The molecule has 4 rings (SSSR count). The van der Waals surface area contributed by atoms with Crippen molar-refractivity contribution in [2.75, 3.05) is 26.7 Å². The molecule has 0 radical (unpaired) electrons. The highest BCUT2D eigenvalue weighted by atomic mass is 19.1. The Labute approximate surface area is 205 Å². The maximum atomic E-state index is 15.4. The van der Waals surface area contributed by atoms with Crippen molar-refractivity contribution in [2.24, 2.45) is 11.8 Å². The number of piperidine rings is 1. The van der Waals surface area contributed by atoms with Gasteiger partial charge in [-0.2, -0.15) is 0 Å². The average Bonchev–Trinajstić information content (AvgIpc) is 2.87. The predicted octanol–water partition coefficient (Wildman–Crippen LogP) is 4.87. The third kappa shape index (κ3) is 6.72. The molecule has 3 aromatic rings. The van der Waals surface area contributed by atoms with Gasteiger partial charge in [-0.1, -0.05) is 0 Å². The van der Waals surface area contributed by atoms with Crippen LogP contribution in [0.1, 0.15) is 49.5 Å². The Kier molecular flexibility index (Phi) is 8.58. The number of benzene rings is 1. The summed E-state index contributed by atoms with van der Waals surface area (Å²) in [4.78, 5) is 26.7. The third-order valence-corrected chi connectivity index (χ3v) is 7.05. The average molecular weight is 481 g/mol. The van der Waals surface area contributed by atoms with Crippen LogP contribution in [0.5, 0.6) is 5.75 Å². The van der Waals surface area contributed by atoms with E-state index in [4.69, 9.17) is 4.74 Å². The molecule has 1 fully saturated rings. The summed E-state index contributed by atoms with van der Waals surface area (Å²) in [6.45, 7) is 2.55. The molecule has 1 saturated heterocycles. The van der Waals surface area contributed by atoms with Crippen LogP contribution in [0.4, 0.5) is 4.39 Å². The van der Waals surface area contributed by atoms with Crippen LogP contribution in [-0.2, 0) is 11.2 Å². The van der Waals surface area contributed by atoms with E-state index in [2.05, 4.69) is 19.9 Å². The van der Waals surface area contributed by atoms with E-state index in [1.54, 1.807) is 38.0 Å². The monoisotopic (exact) mass is 480 g/mol. The SMILES string of the molecule is COc1ccc2nccc(C(F)CC[C@@H]3CCN(CCCc4cnccn4)C[C@@H]3CC(=O)O)c2c1. The zero-order chi connectivity index (χ0) is 24.6. The van der Waals surface area contributed by atoms with Gasteiger partial charge < -0.3 is 14.7 Å². The van der Waals surface area contributed by atoms with E-state index in [0.717, 1.165) is 55.5 Å². The van der Waals surface area contributed by atoms with Crippen molar-refractivity contribution in [2.45, 2.75) is 44.7 Å². The predicted molar refractivity (Wildman–Crippen MR) is 132 cm³/mol. The molecular formula is C27H33FN4O3. The molecule has 0 aliphatic carbocycles. The van der Waals surface area contributed by atoms with E-state index >= 15 is 4.39 Å². The highest BCUT2D eigenvalue weighted by molar-refractivity contribution is 5.83. The standard InChI is InChI=1S/C27H33FN4O3/c1-35-22-5-7-26-24(16-22)23(8-10-31-26)25(28)6-4-19-9-14-32(18-20(19)15-27(33)34)13-2-3-21-17-29-11-12-30-21/h5,7-8,10-12,16-17,19-20,25H,2-4,6,9,13-15,18H2,1H3,(H,33,34)/t19-,20+,25?/m1/s1. The van der Waals surface area contributed by atoms with Crippen molar-refractivity contribution in [3.05, 3.63) is 60.3 Å². The first-order valence-electron chi connectivity index (χ1n) is 12.3. The minimum absolute atomic E-state index is 0.0271. The van der Waals surface area contributed by atoms with Gasteiger partial charge in [0.2, 0.25) is 0 Å². The van der Waals surface area contributed by atoms with Crippen LogP contribution in [0.3, 0.4) is 0 Å². The Bertz CT molecular complexity index is 1110. The second kappa shape index (κ2) is 12.0. The number of halogens is 1. The summed E-state index contributed by atoms with van der Waals surface area (Å²) in [5, 5.41) is 10.3. The van der Waals surface area contributed by atoms with E-state index in [1.165, 1.54) is 0 Å². The summed E-state index contributed by atoms with van der Waals surface area (Å²) in [5.41, 5.74) is 2.33. The van der Waals surface area contributed by atoms with Gasteiger partial charge in [0.05, 0.1) is 18.3 Å². The van der Waals surface area contributed by atoms with Crippen LogP contribution in [-0.4, -0.2) is 57.7 Å². The second-order valence-corrected chi connectivity index (χ2v) is 9.34. The Morgan fingerprint density at radius 2 is 2.11 bits per heavy atom. The summed E-state index contributed by atoms with van der Waals surface area (Å²) in [7, 11) is 1.59. The zero-order valence-corrected chi connectivity index (χ0v) is 20.1. The molecule has 0 spiro atoms. The normalized spacial score (nSPS) is 19.5. The van der Waals surface area contributed by atoms with Crippen molar-refractivity contribution in [3.8, 4) is 5.75 Å². The largest absolute Gasteiger partial charge is 0.497 e. The molecule has 0 bridgehead atoms. The van der Waals surface area contributed by atoms with Gasteiger partial charge in [0, 0.05) is 43.1 Å². The summed E-state index contributed by atoms with van der Waals surface area (Å²) >= 11 is 0. The van der Waals surface area contributed by atoms with E-state index in [0.29, 0.717) is 24.2 Å². The number of alkyl halides is 1. The molecule has 3 atom stereocenters. The summed E-state index contributed by atoms with van der Waals surface area (Å²) in [6, 6.07) is 7.23. The number of nitrogens with zero attached hydrogens (tertiary/aromatic N) is 4. The quantitative estimate of drug-likeness (QED) is 0.419. The van der Waals surface area contributed by atoms with Gasteiger partial charge in [0.15, 0.2) is 0 Å². The maximum Gasteiger partial charge on any atom is 0.303 e. The molecule has 1 aromatic carbocycles. The Hall–Kier alpha value is -3.13. The topological polar surface area (TPSA) is 88.4 Å². The first-order valence-corrected chi connectivity index (χ1v) is 12.3. The maximum absolute atomic E-state index is 15.4. The smallest absolute Gasteiger partial charge is 0.303 e. The summed E-state index contributed by atoms with van der Waals surface area (Å²) < 4.78 is 20.8. The number of aryl methyl sites for hydroxylation is 1. The van der Waals surface area contributed by atoms with Crippen molar-refractivity contribution in [1.29, 1.82) is 0 Å². The number of hydrogen-bond donors (Lipinski definition) is 1. The fourth-order valence-electron chi connectivity index (χ4n) is 5.20. The number of rotatable bonds is 11. The fraction of sp³-hybridized carbons (Fsp3) is 0.481. The number of carbonyl (C=O) groups is 1. The Morgan fingerprint density at radius 1 is 1.23 bits per heavy atom. The second-order valence-electron chi connectivity index (χ2n) is 9.34. The van der Waals surface area contributed by atoms with Crippen LogP contribution in [0.2, 0.25) is 0 Å². The minimum atomic E-state index is -1.14. The first-order chi connectivity index (χ1) is 17.0. The van der Waals surface area contributed by atoms with E-state index in [9.17, 15) is 9.90 Å². The third-order valence-electron chi connectivity index (χ3n) is 7.05. The lowest BCUT2D eigenvalue weighted by atomic mass is 9.79. The first kappa shape index (κ1) is 25.0. The molecule has 3 heterocycles. The molecule has 1 aliphatic rings. The number of likely N-dealkylation sites (tertiary alicyclic amines) is 1. The van der Waals surface area contributed by atoms with Gasteiger partial charge in [-0.3, -0.25) is 19.7 Å². The van der Waals surface area contributed by atoms with Crippen LogP contribution in [0, 0.1) is 11.8 Å². The van der Waals surface area contributed by atoms with E-state index in [-0.39, 0.29) is 18.3 Å². The highest BCUT2D eigenvalue weighted by Gasteiger charge is 2.31. The molecule has 35 heavy (non-hydrogen) atoms. The molecule has 2 aromatic heterocycles. The lowest BCUT2D eigenvalue weighted by molar-refractivity contribution is -0.139. The minimum Gasteiger partial charge on any atom is -0.497 e. The van der Waals surface area contributed by atoms with Crippen molar-refractivity contribution in [3.63, 3.8) is 0 Å². The number of methoxy groups -OCH3 is 1. The van der Waals surface area contributed by atoms with Crippen LogP contribution >= 0.6 is 0 Å². The van der Waals surface area contributed by atoms with Crippen molar-refractivity contribution >= 4 is 16.9 Å². The van der Waals surface area contributed by atoms with Gasteiger partial charge in [-0.05, 0) is 86.9 Å². The summed E-state index contributed by atoms with van der Waals surface area (Å²) in [6.07, 6.45) is 9.51. The number of ether oxygens (including phenoxy) is 1. The number of aromatic nitrogens is 3. The van der Waals surface area contributed by atoms with Gasteiger partial charge in [-0.15, -0.1) is 0 Å². The molecule has 1 N–H and O–H groups in total. The fourth-order valence-corrected chi connectivity index (χ4v) is 5.20. The van der Waals surface area contributed by atoms with Gasteiger partial charge in [0.1, 0.15) is 11.9 Å². The molecule has 186 valence electrons.